The molecule has 3 aliphatic carbocycles. The van der Waals surface area contributed by atoms with Crippen LogP contribution in [-0.4, -0.2) is 12.6 Å². The van der Waals surface area contributed by atoms with E-state index in [0.717, 1.165) is 29.5 Å². The summed E-state index contributed by atoms with van der Waals surface area (Å²) >= 11 is 0. The zero-order chi connectivity index (χ0) is 26.6. The van der Waals surface area contributed by atoms with Gasteiger partial charge in [0.1, 0.15) is 0 Å². The molecule has 2 nitrogen and oxygen atoms in total. The second kappa shape index (κ2) is 9.03. The molecule has 0 fully saturated rings. The number of rotatable bonds is 4. The van der Waals surface area contributed by atoms with Gasteiger partial charge in [-0.3, -0.25) is 4.99 Å². The van der Waals surface area contributed by atoms with Crippen molar-refractivity contribution in [2.24, 2.45) is 9.98 Å². The Kier molecular flexibility index (Phi) is 5.45. The van der Waals surface area contributed by atoms with Crippen LogP contribution in [0.1, 0.15) is 58.7 Å². The van der Waals surface area contributed by atoms with E-state index in [4.69, 9.17) is 4.99 Å². The predicted octanol–water partition coefficient (Wildman–Crippen LogP) is 8.80. The van der Waals surface area contributed by atoms with Crippen LogP contribution in [0, 0.1) is 0 Å². The molecule has 7 rings (SSSR count). The average molecular weight is 503 g/mol. The molecule has 1 unspecified atom stereocenters. The van der Waals surface area contributed by atoms with E-state index in [9.17, 15) is 0 Å². The normalized spacial score (nSPS) is 18.5. The molecule has 0 amide bonds. The van der Waals surface area contributed by atoms with E-state index < -0.39 is 0 Å². The van der Waals surface area contributed by atoms with E-state index in [1.54, 1.807) is 0 Å². The van der Waals surface area contributed by atoms with Gasteiger partial charge in [0.15, 0.2) is 5.84 Å². The molecule has 0 saturated heterocycles. The number of allylic oxidation sites excluding steroid dienone is 5. The minimum Gasteiger partial charge on any atom is -0.261 e. The van der Waals surface area contributed by atoms with Crippen molar-refractivity contribution < 1.29 is 0 Å². The zero-order valence-electron chi connectivity index (χ0n) is 22.2. The maximum Gasteiger partial charge on any atom is 0.154 e. The third-order valence-corrected chi connectivity index (χ3v) is 8.52. The fourth-order valence-electron chi connectivity index (χ4n) is 6.80. The summed E-state index contributed by atoms with van der Waals surface area (Å²) in [5.74, 6) is 0.680. The van der Waals surface area contributed by atoms with Crippen molar-refractivity contribution in [3.63, 3.8) is 0 Å². The lowest BCUT2D eigenvalue weighted by Crippen LogP contribution is -2.27. The minimum absolute atomic E-state index is 0.374. The quantitative estimate of drug-likeness (QED) is 0.197. The summed E-state index contributed by atoms with van der Waals surface area (Å²) in [5.41, 5.74) is 14.9. The van der Waals surface area contributed by atoms with Crippen LogP contribution in [-0.2, 0) is 12.0 Å². The topological polar surface area (TPSA) is 24.7 Å². The molecule has 0 heterocycles. The molecule has 0 bridgehead atoms. The largest absolute Gasteiger partial charge is 0.261 e. The third-order valence-electron chi connectivity index (χ3n) is 8.52. The van der Waals surface area contributed by atoms with Crippen molar-refractivity contribution in [2.45, 2.75) is 31.7 Å². The highest BCUT2D eigenvalue weighted by atomic mass is 14.9. The van der Waals surface area contributed by atoms with Gasteiger partial charge in [0.25, 0.3) is 0 Å². The van der Waals surface area contributed by atoms with Gasteiger partial charge >= 0.3 is 0 Å². The average Bonchev–Trinajstić information content (AvgIpc) is 3.45. The Balaban J connectivity index is 1.49. The Labute approximate surface area is 230 Å². The van der Waals surface area contributed by atoms with Gasteiger partial charge in [-0.2, -0.15) is 0 Å². The van der Waals surface area contributed by atoms with Crippen molar-refractivity contribution in [2.75, 3.05) is 0 Å². The molecule has 0 saturated carbocycles. The Morgan fingerprint density at radius 3 is 2.31 bits per heavy atom. The van der Waals surface area contributed by atoms with Crippen molar-refractivity contribution in [3.8, 4) is 11.1 Å². The molecule has 188 valence electrons. The summed E-state index contributed by atoms with van der Waals surface area (Å²) in [7, 11) is 0. The molecule has 0 aromatic heterocycles. The fourth-order valence-corrected chi connectivity index (χ4v) is 6.80. The maximum atomic E-state index is 4.89. The lowest BCUT2D eigenvalue weighted by Gasteiger charge is -2.32. The molecule has 2 heteroatoms. The molecular weight excluding hydrogens is 472 g/mol. The molecule has 4 aromatic rings. The Hall–Kier alpha value is -4.56. The molecule has 4 aromatic carbocycles. The first-order valence-electron chi connectivity index (χ1n) is 13.6. The Morgan fingerprint density at radius 2 is 1.49 bits per heavy atom. The fraction of sp³-hybridized carbons (Fsp3) is 0.135. The summed E-state index contributed by atoms with van der Waals surface area (Å²) < 4.78 is 0. The summed E-state index contributed by atoms with van der Waals surface area (Å²) in [6.07, 6.45) is 6.84. The number of benzene rings is 4. The summed E-state index contributed by atoms with van der Waals surface area (Å²) in [6, 6.07) is 32.9. The van der Waals surface area contributed by atoms with Crippen molar-refractivity contribution in [3.05, 3.63) is 154 Å². The minimum atomic E-state index is -0.374. The number of aliphatic imine (C=N–C) groups is 2. The van der Waals surface area contributed by atoms with Crippen LogP contribution in [0.5, 0.6) is 0 Å². The number of nitrogens with zero attached hydrogens (tertiary/aromatic N) is 2. The van der Waals surface area contributed by atoms with Gasteiger partial charge in [0.05, 0.1) is 12.0 Å². The van der Waals surface area contributed by atoms with Crippen LogP contribution in [0.4, 0.5) is 0 Å². The smallest absolute Gasteiger partial charge is 0.154 e. The first-order valence-corrected chi connectivity index (χ1v) is 13.6. The standard InChI is InChI=1S/C37H30N2/c1-24(2)26-17-19-30-28-13-7-9-15-32(28)37(34(30)21-26)33-16-10-8-14-29(33)31-20-18-27(22-35(31)37)36(38-3)39-23-25-11-5-4-6-12-25/h4-7,9-13,15-22H,1,3,8,14,23H2,2H3/b39-36-. The number of fused-ring (bicyclic) bond motifs is 9. The first-order chi connectivity index (χ1) is 19.1. The SMILES string of the molecule is C=N/C(=N\Cc1ccccc1)c1ccc2c(c1)C1(C3=C2CCC=C3)c2ccccc2-c2ccc(C(=C)C)cc21. The van der Waals surface area contributed by atoms with Crippen LogP contribution in [0.2, 0.25) is 0 Å². The highest BCUT2D eigenvalue weighted by Gasteiger charge is 2.52. The second-order valence-electron chi connectivity index (χ2n) is 10.7. The van der Waals surface area contributed by atoms with E-state index in [2.05, 4.69) is 110 Å². The van der Waals surface area contributed by atoms with Gasteiger partial charge in [0, 0.05) is 5.56 Å². The second-order valence-corrected chi connectivity index (χ2v) is 10.7. The third kappa shape index (κ3) is 3.41. The monoisotopic (exact) mass is 502 g/mol. The van der Waals surface area contributed by atoms with Crippen LogP contribution in [0.25, 0.3) is 22.3 Å². The van der Waals surface area contributed by atoms with E-state index in [0.29, 0.717) is 12.4 Å². The molecule has 3 aliphatic rings. The molecular formula is C37H30N2. The van der Waals surface area contributed by atoms with Crippen LogP contribution in [0.15, 0.2) is 125 Å². The van der Waals surface area contributed by atoms with Gasteiger partial charge in [-0.15, -0.1) is 0 Å². The van der Waals surface area contributed by atoms with Gasteiger partial charge in [-0.1, -0.05) is 103 Å². The lowest BCUT2D eigenvalue weighted by molar-refractivity contribution is 0.780. The summed E-state index contributed by atoms with van der Waals surface area (Å²) in [6.45, 7) is 10.8. The molecule has 0 N–H and O–H groups in total. The maximum absolute atomic E-state index is 4.89. The summed E-state index contributed by atoms with van der Waals surface area (Å²) in [5, 5.41) is 0. The number of hydrogen-bond donors (Lipinski definition) is 0. The van der Waals surface area contributed by atoms with Crippen LogP contribution in [0.3, 0.4) is 0 Å². The van der Waals surface area contributed by atoms with Gasteiger partial charge in [-0.25, -0.2) is 4.99 Å². The summed E-state index contributed by atoms with van der Waals surface area (Å²) in [4.78, 5) is 9.28. The molecule has 0 radical (unpaired) electrons. The molecule has 39 heavy (non-hydrogen) atoms. The van der Waals surface area contributed by atoms with Crippen molar-refractivity contribution in [1.29, 1.82) is 0 Å². The highest BCUT2D eigenvalue weighted by Crippen LogP contribution is 2.63. The number of hydrogen-bond acceptors (Lipinski definition) is 1. The van der Waals surface area contributed by atoms with Crippen molar-refractivity contribution >= 4 is 23.7 Å². The first kappa shape index (κ1) is 23.5. The number of amidine groups is 1. The van der Waals surface area contributed by atoms with E-state index in [-0.39, 0.29) is 5.41 Å². The predicted molar refractivity (Wildman–Crippen MR) is 164 cm³/mol. The van der Waals surface area contributed by atoms with Gasteiger partial charge < -0.3 is 0 Å². The molecule has 1 atom stereocenters. The Morgan fingerprint density at radius 1 is 0.795 bits per heavy atom. The van der Waals surface area contributed by atoms with E-state index in [1.807, 2.05) is 18.2 Å². The molecule has 1 spiro atoms. The highest BCUT2D eigenvalue weighted by molar-refractivity contribution is 6.03. The van der Waals surface area contributed by atoms with E-state index >= 15 is 0 Å². The lowest BCUT2D eigenvalue weighted by atomic mass is 9.68. The van der Waals surface area contributed by atoms with Gasteiger partial charge in [0.2, 0.25) is 0 Å². The van der Waals surface area contributed by atoms with E-state index in [1.165, 1.54) is 50.1 Å². The van der Waals surface area contributed by atoms with Crippen molar-refractivity contribution in [1.82, 2.24) is 0 Å². The van der Waals surface area contributed by atoms with Gasteiger partial charge in [-0.05, 0) is 94.3 Å². The molecule has 0 aliphatic heterocycles. The zero-order valence-corrected chi connectivity index (χ0v) is 22.2. The Bertz CT molecular complexity index is 1770. The van der Waals surface area contributed by atoms with Crippen LogP contribution >= 0.6 is 0 Å². The van der Waals surface area contributed by atoms with Crippen LogP contribution < -0.4 is 0 Å².